The van der Waals surface area contributed by atoms with Crippen LogP contribution >= 0.6 is 0 Å². The van der Waals surface area contributed by atoms with Crippen molar-refractivity contribution in [2.75, 3.05) is 13.6 Å². The van der Waals surface area contributed by atoms with Crippen LogP contribution in [0.25, 0.3) is 21.5 Å². The van der Waals surface area contributed by atoms with Gasteiger partial charge in [-0.05, 0) is 85.3 Å². The molecule has 4 aromatic carbocycles. The van der Waals surface area contributed by atoms with E-state index in [1.165, 1.54) is 0 Å². The fourth-order valence-corrected chi connectivity index (χ4v) is 6.51. The number of fused-ring (bicyclic) bond motifs is 3. The third-order valence-electron chi connectivity index (χ3n) is 8.71. The van der Waals surface area contributed by atoms with Gasteiger partial charge in [-0.25, -0.2) is 19.2 Å². The summed E-state index contributed by atoms with van der Waals surface area (Å²) in [5, 5.41) is 6.27. The predicted molar refractivity (Wildman–Crippen MR) is 172 cm³/mol. The zero-order valence-corrected chi connectivity index (χ0v) is 26.7. The minimum absolute atomic E-state index is 0.166. The van der Waals surface area contributed by atoms with Crippen molar-refractivity contribution < 1.29 is 47.7 Å². The Bertz CT molecular complexity index is 1910. The van der Waals surface area contributed by atoms with Crippen molar-refractivity contribution in [3.8, 4) is 0 Å². The molecule has 0 heterocycles. The van der Waals surface area contributed by atoms with Crippen molar-refractivity contribution >= 4 is 51.5 Å². The van der Waals surface area contributed by atoms with E-state index in [9.17, 15) is 24.0 Å². The number of esters is 4. The summed E-state index contributed by atoms with van der Waals surface area (Å²) >= 11 is 0. The Morgan fingerprint density at radius 1 is 0.708 bits per heavy atom. The highest BCUT2D eigenvalue weighted by Gasteiger charge is 2.73. The molecule has 0 aromatic heterocycles. The van der Waals surface area contributed by atoms with E-state index in [2.05, 4.69) is 5.32 Å². The number of nitrogens with one attached hydrogen (secondary N) is 1. The standard InChI is InChI=1S/C37H35NO10/c1-36(2,3)48-35(43)38-37(34(42)47-21-45-32(40)27-15-13-23-9-5-7-11-25(23)19-27)17-16-28-29(30(28)37)33(41)46-20-44-31(39)26-14-12-22-8-4-6-10-24(22)18-26/h4-15,18-19,28-30H,16-17,20-21H2,1-3H3,(H,38,43)/t28-,29-,30-,37-/m0/s1. The molecule has 2 saturated carbocycles. The van der Waals surface area contributed by atoms with Gasteiger partial charge in [-0.3, -0.25) is 4.79 Å². The van der Waals surface area contributed by atoms with Crippen LogP contribution < -0.4 is 5.32 Å². The Labute approximate surface area is 276 Å². The summed E-state index contributed by atoms with van der Waals surface area (Å²) in [5.74, 6) is -4.63. The Morgan fingerprint density at radius 3 is 1.77 bits per heavy atom. The van der Waals surface area contributed by atoms with E-state index in [1.54, 1.807) is 57.2 Å². The lowest BCUT2D eigenvalue weighted by Crippen LogP contribution is -2.57. The van der Waals surface area contributed by atoms with Crippen LogP contribution in [0.2, 0.25) is 0 Å². The number of rotatable bonds is 9. The molecule has 48 heavy (non-hydrogen) atoms. The van der Waals surface area contributed by atoms with Crippen LogP contribution in [0, 0.1) is 17.8 Å². The van der Waals surface area contributed by atoms with E-state index < -0.39 is 66.5 Å². The number of benzene rings is 4. The maximum atomic E-state index is 13.6. The lowest BCUT2D eigenvalue weighted by Gasteiger charge is -2.32. The molecule has 1 N–H and O–H groups in total. The molecular formula is C37H35NO10. The van der Waals surface area contributed by atoms with E-state index >= 15 is 0 Å². The molecule has 11 nitrogen and oxygen atoms in total. The summed E-state index contributed by atoms with van der Waals surface area (Å²) in [6.07, 6.45) is -0.292. The molecule has 0 unspecified atom stereocenters. The molecule has 11 heteroatoms. The lowest BCUT2D eigenvalue weighted by atomic mass is 9.90. The van der Waals surface area contributed by atoms with Crippen molar-refractivity contribution in [2.24, 2.45) is 17.8 Å². The monoisotopic (exact) mass is 653 g/mol. The van der Waals surface area contributed by atoms with Crippen molar-refractivity contribution in [3.05, 3.63) is 96.1 Å². The quantitative estimate of drug-likeness (QED) is 0.131. The van der Waals surface area contributed by atoms with Gasteiger partial charge in [-0.1, -0.05) is 60.7 Å². The van der Waals surface area contributed by atoms with Gasteiger partial charge in [0.25, 0.3) is 0 Å². The number of hydrogen-bond acceptors (Lipinski definition) is 10. The van der Waals surface area contributed by atoms with E-state index in [0.29, 0.717) is 12.0 Å². The molecule has 2 aliphatic carbocycles. The number of hydrogen-bond donors (Lipinski definition) is 1. The second-order valence-corrected chi connectivity index (χ2v) is 13.0. The fraction of sp³-hybridized carbons (Fsp3) is 0.324. The van der Waals surface area contributed by atoms with E-state index in [4.69, 9.17) is 23.7 Å². The van der Waals surface area contributed by atoms with Gasteiger partial charge in [0.05, 0.1) is 17.0 Å². The minimum atomic E-state index is -1.63. The second kappa shape index (κ2) is 13.0. The Kier molecular flexibility index (Phi) is 8.79. The summed E-state index contributed by atoms with van der Waals surface area (Å²) in [5.41, 5.74) is -1.91. The number of alkyl carbamates (subject to hydrolysis) is 1. The summed E-state index contributed by atoms with van der Waals surface area (Å²) < 4.78 is 26.5. The zero-order valence-electron chi connectivity index (χ0n) is 26.7. The molecule has 0 spiro atoms. The minimum Gasteiger partial charge on any atom is -0.444 e. The van der Waals surface area contributed by atoms with Gasteiger partial charge < -0.3 is 29.0 Å². The first-order chi connectivity index (χ1) is 22.9. The fourth-order valence-electron chi connectivity index (χ4n) is 6.51. The Hall–Kier alpha value is -5.45. The van der Waals surface area contributed by atoms with E-state index in [1.807, 2.05) is 48.5 Å². The van der Waals surface area contributed by atoms with Gasteiger partial charge in [-0.15, -0.1) is 0 Å². The zero-order chi connectivity index (χ0) is 34.1. The normalized spacial score (nSPS) is 21.1. The molecule has 0 radical (unpaired) electrons. The lowest BCUT2D eigenvalue weighted by molar-refractivity contribution is -0.162. The highest BCUT2D eigenvalue weighted by molar-refractivity contribution is 5.96. The molecule has 6 rings (SSSR count). The molecule has 4 atom stereocenters. The van der Waals surface area contributed by atoms with Crippen molar-refractivity contribution in [3.63, 3.8) is 0 Å². The van der Waals surface area contributed by atoms with Crippen LogP contribution in [0.1, 0.15) is 54.3 Å². The first kappa shape index (κ1) is 32.5. The van der Waals surface area contributed by atoms with E-state index in [-0.39, 0.29) is 17.9 Å². The SMILES string of the molecule is CC(C)(C)OC(=O)N[C@@]1(C(=O)OCOC(=O)c2ccc3ccccc3c2)CC[C@H]2[C@H](C(=O)OCOC(=O)c3ccc4ccccc4c3)[C@H]21. The number of carbonyl (C=O) groups excluding carboxylic acids is 5. The predicted octanol–water partition coefficient (Wildman–Crippen LogP) is 5.93. The molecular weight excluding hydrogens is 618 g/mol. The summed E-state index contributed by atoms with van der Waals surface area (Å²) in [4.78, 5) is 64.9. The van der Waals surface area contributed by atoms with Gasteiger partial charge in [-0.2, -0.15) is 0 Å². The average Bonchev–Trinajstić information content (AvgIpc) is 3.69. The molecule has 2 aliphatic rings. The third-order valence-corrected chi connectivity index (χ3v) is 8.71. The van der Waals surface area contributed by atoms with E-state index in [0.717, 1.165) is 21.5 Å². The maximum Gasteiger partial charge on any atom is 0.408 e. The highest BCUT2D eigenvalue weighted by atomic mass is 16.7. The molecule has 0 bridgehead atoms. The average molecular weight is 654 g/mol. The number of amides is 1. The smallest absolute Gasteiger partial charge is 0.408 e. The van der Waals surface area contributed by atoms with Crippen LogP contribution in [0.15, 0.2) is 84.9 Å². The number of ether oxygens (including phenoxy) is 5. The Morgan fingerprint density at radius 2 is 1.23 bits per heavy atom. The van der Waals surface area contributed by atoms with Crippen LogP contribution in [0.4, 0.5) is 4.79 Å². The largest absolute Gasteiger partial charge is 0.444 e. The second-order valence-electron chi connectivity index (χ2n) is 13.0. The van der Waals surface area contributed by atoms with Gasteiger partial charge in [0.2, 0.25) is 13.6 Å². The number of carbonyl (C=O) groups is 5. The van der Waals surface area contributed by atoms with Gasteiger partial charge in [0.1, 0.15) is 11.1 Å². The molecule has 2 fully saturated rings. The van der Waals surface area contributed by atoms with Gasteiger partial charge >= 0.3 is 30.0 Å². The van der Waals surface area contributed by atoms with Crippen LogP contribution in [0.5, 0.6) is 0 Å². The summed E-state index contributed by atoms with van der Waals surface area (Å²) in [7, 11) is 0. The molecule has 248 valence electrons. The highest BCUT2D eigenvalue weighted by Crippen LogP contribution is 2.63. The topological polar surface area (TPSA) is 144 Å². The molecule has 1 amide bonds. The summed E-state index contributed by atoms with van der Waals surface area (Å²) in [6, 6.07) is 25.2. The third kappa shape index (κ3) is 6.80. The van der Waals surface area contributed by atoms with Gasteiger partial charge in [0, 0.05) is 5.92 Å². The van der Waals surface area contributed by atoms with Crippen molar-refractivity contribution in [1.82, 2.24) is 5.32 Å². The van der Waals surface area contributed by atoms with Crippen molar-refractivity contribution in [2.45, 2.75) is 44.8 Å². The maximum absolute atomic E-state index is 13.6. The Balaban J connectivity index is 1.08. The summed E-state index contributed by atoms with van der Waals surface area (Å²) in [6.45, 7) is 3.70. The molecule has 4 aromatic rings. The van der Waals surface area contributed by atoms with Crippen LogP contribution in [-0.2, 0) is 33.3 Å². The van der Waals surface area contributed by atoms with Crippen LogP contribution in [0.3, 0.4) is 0 Å². The van der Waals surface area contributed by atoms with Crippen molar-refractivity contribution in [1.29, 1.82) is 0 Å². The van der Waals surface area contributed by atoms with Crippen LogP contribution in [-0.4, -0.2) is 54.7 Å². The van der Waals surface area contributed by atoms with Gasteiger partial charge in [0.15, 0.2) is 0 Å². The molecule has 0 aliphatic heterocycles. The first-order valence-electron chi connectivity index (χ1n) is 15.6. The molecule has 0 saturated heterocycles. The first-order valence-corrected chi connectivity index (χ1v) is 15.6.